The van der Waals surface area contributed by atoms with Crippen molar-refractivity contribution >= 4 is 11.9 Å². The number of nitrogens with one attached hydrogen (secondary N) is 1. The van der Waals surface area contributed by atoms with E-state index in [4.69, 9.17) is 4.74 Å². The Labute approximate surface area is 506 Å². The van der Waals surface area contributed by atoms with Gasteiger partial charge in [0.1, 0.15) is 0 Å². The van der Waals surface area contributed by atoms with Crippen LogP contribution in [0.15, 0.2) is 48.6 Å². The van der Waals surface area contributed by atoms with Crippen LogP contribution >= 0.6 is 0 Å². The van der Waals surface area contributed by atoms with Crippen LogP contribution in [0.4, 0.5) is 0 Å². The molecule has 0 aromatic heterocycles. The van der Waals surface area contributed by atoms with Crippen molar-refractivity contribution in [3.05, 3.63) is 48.6 Å². The van der Waals surface area contributed by atoms with Gasteiger partial charge in [-0.25, -0.2) is 0 Å². The number of esters is 1. The summed E-state index contributed by atoms with van der Waals surface area (Å²) < 4.78 is 5.49. The number of hydrogen-bond donors (Lipinski definition) is 3. The van der Waals surface area contributed by atoms with Gasteiger partial charge in [0.25, 0.3) is 0 Å². The molecule has 0 aromatic carbocycles. The Balaban J connectivity index is 3.31. The molecule has 2 unspecified atom stereocenters. The number of ether oxygens (including phenoxy) is 1. The topological polar surface area (TPSA) is 95.9 Å². The van der Waals surface area contributed by atoms with Crippen LogP contribution in [-0.4, -0.2) is 47.4 Å². The molecule has 0 aliphatic heterocycles. The molecule has 1 amide bonds. The molecule has 2 atom stereocenters. The maximum absolute atomic E-state index is 12.4. The lowest BCUT2D eigenvalue weighted by atomic mass is 10.0. The lowest BCUT2D eigenvalue weighted by Gasteiger charge is -2.20. The number of aliphatic hydroxyl groups is 2. The fourth-order valence-corrected chi connectivity index (χ4v) is 11.3. The molecule has 81 heavy (non-hydrogen) atoms. The number of amides is 1. The van der Waals surface area contributed by atoms with Crippen LogP contribution < -0.4 is 5.32 Å². The van der Waals surface area contributed by atoms with E-state index in [1.807, 2.05) is 6.08 Å². The monoisotopic (exact) mass is 1140 g/mol. The average Bonchev–Trinajstić information content (AvgIpc) is 3.47. The van der Waals surface area contributed by atoms with Gasteiger partial charge in [-0.2, -0.15) is 0 Å². The largest absolute Gasteiger partial charge is 0.466 e. The fourth-order valence-electron chi connectivity index (χ4n) is 11.3. The minimum Gasteiger partial charge on any atom is -0.466 e. The first-order valence-corrected chi connectivity index (χ1v) is 36.4. The Kier molecular flexibility index (Phi) is 68.4. The summed E-state index contributed by atoms with van der Waals surface area (Å²) in [7, 11) is 0. The van der Waals surface area contributed by atoms with E-state index in [2.05, 4.69) is 55.6 Å². The number of rotatable bonds is 68. The van der Waals surface area contributed by atoms with Crippen LogP contribution in [0.2, 0.25) is 0 Å². The van der Waals surface area contributed by atoms with Gasteiger partial charge in [-0.3, -0.25) is 9.59 Å². The molecule has 0 aliphatic rings. The summed E-state index contributed by atoms with van der Waals surface area (Å²) in [6.45, 7) is 4.87. The highest BCUT2D eigenvalue weighted by molar-refractivity contribution is 5.76. The van der Waals surface area contributed by atoms with Crippen molar-refractivity contribution in [2.45, 2.75) is 405 Å². The predicted molar refractivity (Wildman–Crippen MR) is 356 cm³/mol. The van der Waals surface area contributed by atoms with Crippen LogP contribution in [0.1, 0.15) is 393 Å². The second-order valence-electron chi connectivity index (χ2n) is 24.9. The van der Waals surface area contributed by atoms with Crippen molar-refractivity contribution < 1.29 is 24.5 Å². The number of carbonyl (C=O) groups is 2. The molecule has 0 aromatic rings. The first-order valence-electron chi connectivity index (χ1n) is 36.4. The summed E-state index contributed by atoms with van der Waals surface area (Å²) in [6, 6.07) is -0.623. The van der Waals surface area contributed by atoms with Crippen molar-refractivity contribution in [3.8, 4) is 0 Å². The molecule has 0 radical (unpaired) electrons. The second kappa shape index (κ2) is 70.3. The van der Waals surface area contributed by atoms with E-state index >= 15 is 0 Å². The van der Waals surface area contributed by atoms with E-state index in [1.54, 1.807) is 6.08 Å². The molecular weight excluding hydrogens is 995 g/mol. The highest BCUT2D eigenvalue weighted by atomic mass is 16.5. The third kappa shape index (κ3) is 66.8. The summed E-state index contributed by atoms with van der Waals surface area (Å²) in [6.07, 6.45) is 92.3. The van der Waals surface area contributed by atoms with Gasteiger partial charge in [0.2, 0.25) is 5.91 Å². The van der Waals surface area contributed by atoms with E-state index < -0.39 is 12.1 Å². The van der Waals surface area contributed by atoms with Crippen molar-refractivity contribution in [2.24, 2.45) is 0 Å². The van der Waals surface area contributed by atoms with E-state index in [0.29, 0.717) is 19.4 Å². The molecular formula is C75H141NO5. The molecule has 0 aliphatic carbocycles. The van der Waals surface area contributed by atoms with E-state index in [9.17, 15) is 19.8 Å². The zero-order valence-corrected chi connectivity index (χ0v) is 54.5. The highest BCUT2D eigenvalue weighted by Gasteiger charge is 2.18. The van der Waals surface area contributed by atoms with Crippen LogP contribution in [-0.2, 0) is 14.3 Å². The standard InChI is InChI=1S/C75H141NO5/c1-3-5-7-9-11-13-15-16-42-46-49-53-57-61-65-69-75(80)81-70-66-62-58-54-50-47-44-41-39-37-35-33-31-29-27-25-23-21-19-17-18-20-22-24-26-28-30-32-34-36-38-40-43-45-48-52-56-60-64-68-74(79)76-72(71-77)73(78)67-63-59-55-51-14-12-10-8-6-4-2/h11,13,16-18,42,63,67,72-73,77-78H,3-10,12,14-15,19-41,43-62,64-66,68-71H2,1-2H3,(H,76,79)/b13-11-,18-17-,42-16-,67-63+. The molecule has 0 fully saturated rings. The Hall–Kier alpha value is -2.18. The van der Waals surface area contributed by atoms with Crippen LogP contribution in [0, 0.1) is 0 Å². The molecule has 0 saturated heterocycles. The lowest BCUT2D eigenvalue weighted by Crippen LogP contribution is -2.45. The molecule has 6 heteroatoms. The van der Waals surface area contributed by atoms with Gasteiger partial charge in [-0.05, 0) is 89.9 Å². The average molecular weight is 1140 g/mol. The molecule has 0 saturated carbocycles. The number of allylic oxidation sites excluding steroid dienone is 7. The minimum atomic E-state index is -0.840. The third-order valence-corrected chi connectivity index (χ3v) is 16.8. The Morgan fingerprint density at radius 3 is 0.975 bits per heavy atom. The first-order chi connectivity index (χ1) is 40.0. The molecule has 6 nitrogen and oxygen atoms in total. The molecule has 0 heterocycles. The van der Waals surface area contributed by atoms with E-state index in [0.717, 1.165) is 51.4 Å². The maximum atomic E-state index is 12.4. The van der Waals surface area contributed by atoms with Gasteiger partial charge < -0.3 is 20.3 Å². The van der Waals surface area contributed by atoms with Crippen LogP contribution in [0.25, 0.3) is 0 Å². The van der Waals surface area contributed by atoms with Gasteiger partial charge in [0.15, 0.2) is 0 Å². The SMILES string of the molecule is CCCCC/C=C\C/C=C\CCCCCCCC(=O)OCCCCCCCCCCCCCCCCCCCC/C=C\CCCCCCCCCCCCCCCCCCCC(=O)NC(CO)C(O)/C=C/CCCCCCCCCC. The number of unbranched alkanes of at least 4 members (excludes halogenated alkanes) is 51. The Bertz CT molecular complexity index is 1360. The summed E-state index contributed by atoms with van der Waals surface area (Å²) in [5.74, 6) is -0.0562. The maximum Gasteiger partial charge on any atom is 0.305 e. The van der Waals surface area contributed by atoms with E-state index in [-0.39, 0.29) is 18.5 Å². The third-order valence-electron chi connectivity index (χ3n) is 16.8. The predicted octanol–water partition coefficient (Wildman–Crippen LogP) is 23.6. The van der Waals surface area contributed by atoms with Crippen LogP contribution in [0.3, 0.4) is 0 Å². The summed E-state index contributed by atoms with van der Waals surface area (Å²) >= 11 is 0. The fraction of sp³-hybridized carbons (Fsp3) is 0.867. The Morgan fingerprint density at radius 1 is 0.346 bits per heavy atom. The molecule has 0 rings (SSSR count). The highest BCUT2D eigenvalue weighted by Crippen LogP contribution is 2.18. The van der Waals surface area contributed by atoms with E-state index in [1.165, 1.54) is 315 Å². The number of aliphatic hydroxyl groups excluding tert-OH is 2. The van der Waals surface area contributed by atoms with Gasteiger partial charge in [0, 0.05) is 12.8 Å². The summed E-state index contributed by atoms with van der Waals surface area (Å²) in [4.78, 5) is 24.5. The van der Waals surface area contributed by atoms with Gasteiger partial charge >= 0.3 is 5.97 Å². The quantitative estimate of drug-likeness (QED) is 0.0320. The van der Waals surface area contributed by atoms with Crippen molar-refractivity contribution in [1.29, 1.82) is 0 Å². The minimum absolute atomic E-state index is 0.00823. The van der Waals surface area contributed by atoms with Gasteiger partial charge in [0.05, 0.1) is 25.4 Å². The van der Waals surface area contributed by atoms with Gasteiger partial charge in [-0.15, -0.1) is 0 Å². The van der Waals surface area contributed by atoms with Crippen LogP contribution in [0.5, 0.6) is 0 Å². The molecule has 476 valence electrons. The number of carbonyl (C=O) groups excluding carboxylic acids is 2. The first kappa shape index (κ1) is 78.8. The zero-order chi connectivity index (χ0) is 58.5. The smallest absolute Gasteiger partial charge is 0.305 e. The molecule has 0 bridgehead atoms. The number of hydrogen-bond acceptors (Lipinski definition) is 5. The summed E-state index contributed by atoms with van der Waals surface area (Å²) in [5.41, 5.74) is 0. The lowest BCUT2D eigenvalue weighted by molar-refractivity contribution is -0.143. The molecule has 0 spiro atoms. The zero-order valence-electron chi connectivity index (χ0n) is 54.5. The second-order valence-corrected chi connectivity index (χ2v) is 24.9. The molecule has 3 N–H and O–H groups in total. The Morgan fingerprint density at radius 2 is 0.617 bits per heavy atom. The van der Waals surface area contributed by atoms with Crippen molar-refractivity contribution in [1.82, 2.24) is 5.32 Å². The van der Waals surface area contributed by atoms with Crippen molar-refractivity contribution in [2.75, 3.05) is 13.2 Å². The van der Waals surface area contributed by atoms with Gasteiger partial charge in [-0.1, -0.05) is 339 Å². The van der Waals surface area contributed by atoms with Crippen molar-refractivity contribution in [3.63, 3.8) is 0 Å². The normalized spacial score (nSPS) is 12.8. The summed E-state index contributed by atoms with van der Waals surface area (Å²) in [5, 5.41) is 23.0.